The second kappa shape index (κ2) is 18.7. The Hall–Kier alpha value is -6.40. The van der Waals surface area contributed by atoms with Crippen LogP contribution >= 0.6 is 0 Å². The molecule has 0 spiro atoms. The number of rotatable bonds is 14. The zero-order valence-corrected chi connectivity index (χ0v) is 29.3. The number of amides is 1. The maximum atomic E-state index is 13.2. The zero-order valence-electron chi connectivity index (χ0n) is 28.4. The Morgan fingerprint density at radius 1 is 0.642 bits per heavy atom. The van der Waals surface area contributed by atoms with Gasteiger partial charge in [-0.25, -0.2) is 13.9 Å². The molecule has 0 aliphatic rings. The molecule has 0 heterocycles. The molecule has 268 valence electrons. The van der Waals surface area contributed by atoms with Gasteiger partial charge in [0, 0.05) is 22.6 Å². The quantitative estimate of drug-likeness (QED) is 0.0640. The molecule has 0 fully saturated rings. The first-order valence-corrected chi connectivity index (χ1v) is 17.4. The van der Waals surface area contributed by atoms with Crippen LogP contribution in [0.15, 0.2) is 150 Å². The van der Waals surface area contributed by atoms with Crippen LogP contribution in [-0.2, 0) is 40.2 Å². The molecule has 4 N–H and O–H groups in total. The van der Waals surface area contributed by atoms with Crippen LogP contribution in [0, 0.1) is 0 Å². The number of hydrogen-bond acceptors (Lipinski definition) is 8. The first-order valence-electron chi connectivity index (χ1n) is 16.3. The van der Waals surface area contributed by atoms with E-state index in [4.69, 9.17) is 14.2 Å². The maximum absolute atomic E-state index is 13.2. The monoisotopic (exact) mass is 728 g/mol. The van der Waals surface area contributed by atoms with Crippen LogP contribution in [0.2, 0.25) is 0 Å². The average molecular weight is 729 g/mol. The molecule has 1 unspecified atom stereocenters. The summed E-state index contributed by atoms with van der Waals surface area (Å²) in [5.74, 6) is -1.39. The molecule has 53 heavy (non-hydrogen) atoms. The number of carboxylic acids is 1. The van der Waals surface area contributed by atoms with E-state index < -0.39 is 23.0 Å². The molecule has 0 aliphatic heterocycles. The molecule has 6 aromatic rings. The number of hydrogen-bond donors (Lipinski definition) is 4. The van der Waals surface area contributed by atoms with Crippen molar-refractivity contribution in [1.29, 1.82) is 0 Å². The third-order valence-corrected chi connectivity index (χ3v) is 9.07. The summed E-state index contributed by atoms with van der Waals surface area (Å²) in [6.45, 7) is 2.02. The highest BCUT2D eigenvalue weighted by Crippen LogP contribution is 2.27. The van der Waals surface area contributed by atoms with E-state index in [0.29, 0.717) is 22.8 Å². The molecule has 6 rings (SSSR count). The number of carbonyl (C=O) groups excluding carboxylic acids is 2. The lowest BCUT2D eigenvalue weighted by atomic mass is 9.98. The van der Waals surface area contributed by atoms with Crippen LogP contribution < -0.4 is 14.8 Å². The van der Waals surface area contributed by atoms with Crippen molar-refractivity contribution in [2.45, 2.75) is 24.3 Å². The number of carboxylic acid groups (broad SMARTS) is 1. The Morgan fingerprint density at radius 2 is 1.21 bits per heavy atom. The third-order valence-electron chi connectivity index (χ3n) is 8.07. The smallest absolute Gasteiger partial charge is 0.336 e. The van der Waals surface area contributed by atoms with Crippen molar-refractivity contribution < 1.29 is 38.0 Å². The van der Waals surface area contributed by atoms with E-state index in [1.807, 2.05) is 73.5 Å². The van der Waals surface area contributed by atoms with Crippen molar-refractivity contribution in [2.75, 3.05) is 10.6 Å². The Labute approximate surface area is 309 Å². The summed E-state index contributed by atoms with van der Waals surface area (Å²) in [6.07, 6.45) is 1.29. The van der Waals surface area contributed by atoms with Crippen LogP contribution in [0.5, 0.6) is 5.75 Å². The standard InChI is InChI=1S/C41H34N2O7S.CH2O/c44-40(38-25-30(12-22-37(38)41(45)46)23-28-7-3-1-4-8-28)43-34-16-20-36(21-17-34)51(48)50-35-18-14-33(15-19-35)42-39-26-31(11-13-32(39)27-49-47)24-29-9-5-2-6-10-29;1-2/h1-22,25-26,42,47H,23-24,27H2,(H,43,44)(H,45,46);1H2. The van der Waals surface area contributed by atoms with E-state index in [1.165, 1.54) is 11.6 Å². The Kier molecular flexibility index (Phi) is 13.4. The van der Waals surface area contributed by atoms with Gasteiger partial charge < -0.3 is 24.7 Å². The summed E-state index contributed by atoms with van der Waals surface area (Å²) in [7, 11) is 0. The van der Waals surface area contributed by atoms with Gasteiger partial charge in [0.15, 0.2) is 0 Å². The molecule has 6 aromatic carbocycles. The van der Waals surface area contributed by atoms with Crippen LogP contribution in [0.4, 0.5) is 17.1 Å². The van der Waals surface area contributed by atoms with Gasteiger partial charge in [-0.2, -0.15) is 0 Å². The first-order chi connectivity index (χ1) is 25.8. The summed E-state index contributed by atoms with van der Waals surface area (Å²) in [5.41, 5.74) is 6.75. The highest BCUT2D eigenvalue weighted by molar-refractivity contribution is 7.80. The normalized spacial score (nSPS) is 11.0. The third kappa shape index (κ3) is 10.6. The average Bonchev–Trinajstić information content (AvgIpc) is 3.18. The van der Waals surface area contributed by atoms with Crippen molar-refractivity contribution in [3.8, 4) is 5.75 Å². The predicted octanol–water partition coefficient (Wildman–Crippen LogP) is 8.47. The van der Waals surface area contributed by atoms with Crippen molar-refractivity contribution >= 4 is 46.8 Å². The molecule has 0 aliphatic carbocycles. The number of benzene rings is 6. The molecular formula is C42H36N2O8S. The Balaban J connectivity index is 0.00000266. The van der Waals surface area contributed by atoms with E-state index in [0.717, 1.165) is 40.0 Å². The summed E-state index contributed by atoms with van der Waals surface area (Å²) >= 11 is -1.85. The van der Waals surface area contributed by atoms with Gasteiger partial charge in [-0.1, -0.05) is 78.9 Å². The summed E-state index contributed by atoms with van der Waals surface area (Å²) < 4.78 is 18.7. The predicted molar refractivity (Wildman–Crippen MR) is 204 cm³/mol. The van der Waals surface area contributed by atoms with Crippen LogP contribution in [0.1, 0.15) is 48.5 Å². The second-order valence-electron chi connectivity index (χ2n) is 11.7. The minimum Gasteiger partial charge on any atom is -0.478 e. The molecule has 0 saturated carbocycles. The number of aromatic carboxylic acids is 1. The van der Waals surface area contributed by atoms with Crippen molar-refractivity contribution in [1.82, 2.24) is 0 Å². The SMILES string of the molecule is C=O.O=C(O)c1ccc(Cc2ccccc2)cc1C(=O)Nc1ccc(S(=O)Oc2ccc(Nc3cc(Cc4ccccc4)ccc3COO)cc2)cc1. The number of carbonyl (C=O) groups is 3. The molecule has 0 aromatic heterocycles. The number of anilines is 3. The van der Waals surface area contributed by atoms with Crippen LogP contribution in [0.3, 0.4) is 0 Å². The highest BCUT2D eigenvalue weighted by Gasteiger charge is 2.18. The molecule has 1 atom stereocenters. The number of nitrogens with one attached hydrogen (secondary N) is 2. The van der Waals surface area contributed by atoms with Crippen molar-refractivity contribution in [2.24, 2.45) is 0 Å². The van der Waals surface area contributed by atoms with E-state index in [9.17, 15) is 18.9 Å². The Bertz CT molecular complexity index is 2160. The van der Waals surface area contributed by atoms with E-state index in [1.54, 1.807) is 60.7 Å². The summed E-state index contributed by atoms with van der Waals surface area (Å²) in [4.78, 5) is 37.9. The van der Waals surface area contributed by atoms with Gasteiger partial charge in [-0.3, -0.25) is 10.1 Å². The van der Waals surface area contributed by atoms with Gasteiger partial charge in [0.25, 0.3) is 5.91 Å². The lowest BCUT2D eigenvalue weighted by molar-refractivity contribution is -0.252. The lowest BCUT2D eigenvalue weighted by Gasteiger charge is -2.14. The van der Waals surface area contributed by atoms with Gasteiger partial charge in [0.05, 0.1) is 16.0 Å². The molecule has 0 radical (unpaired) electrons. The van der Waals surface area contributed by atoms with Gasteiger partial charge in [-0.05, 0) is 102 Å². The maximum Gasteiger partial charge on any atom is 0.336 e. The fourth-order valence-corrected chi connectivity index (χ4v) is 6.26. The van der Waals surface area contributed by atoms with Gasteiger partial charge >= 0.3 is 5.97 Å². The largest absolute Gasteiger partial charge is 0.478 e. The molecule has 10 nitrogen and oxygen atoms in total. The minimum absolute atomic E-state index is 0.0158. The fraction of sp³-hybridized carbons (Fsp3) is 0.0714. The molecule has 0 bridgehead atoms. The lowest BCUT2D eigenvalue weighted by Crippen LogP contribution is -2.17. The summed E-state index contributed by atoms with van der Waals surface area (Å²) in [6, 6.07) is 43.7. The van der Waals surface area contributed by atoms with Crippen LogP contribution in [-0.4, -0.2) is 33.2 Å². The van der Waals surface area contributed by atoms with Gasteiger partial charge in [-0.15, -0.1) is 0 Å². The first kappa shape index (κ1) is 37.8. The topological polar surface area (TPSA) is 151 Å². The molecular weight excluding hydrogens is 693 g/mol. The van der Waals surface area contributed by atoms with Crippen LogP contribution in [0.25, 0.3) is 0 Å². The van der Waals surface area contributed by atoms with E-state index in [-0.39, 0.29) is 17.7 Å². The summed E-state index contributed by atoms with van der Waals surface area (Å²) in [5, 5.41) is 24.9. The van der Waals surface area contributed by atoms with Gasteiger partial charge in [0.2, 0.25) is 11.1 Å². The molecule has 0 saturated heterocycles. The van der Waals surface area contributed by atoms with E-state index >= 15 is 0 Å². The Morgan fingerprint density at radius 3 is 1.79 bits per heavy atom. The van der Waals surface area contributed by atoms with Crippen molar-refractivity contribution in [3.63, 3.8) is 0 Å². The van der Waals surface area contributed by atoms with Crippen molar-refractivity contribution in [3.05, 3.63) is 185 Å². The highest BCUT2D eigenvalue weighted by atomic mass is 32.2. The zero-order chi connectivity index (χ0) is 37.6. The fourth-order valence-electron chi connectivity index (χ4n) is 5.52. The minimum atomic E-state index is -1.85. The van der Waals surface area contributed by atoms with Gasteiger partial charge in [0.1, 0.15) is 19.1 Å². The second-order valence-corrected chi connectivity index (χ2v) is 12.8. The molecule has 11 heteroatoms. The molecule has 1 amide bonds. The van der Waals surface area contributed by atoms with E-state index in [2.05, 4.69) is 27.7 Å².